The molecule has 0 atom stereocenters. The van der Waals surface area contributed by atoms with Crippen LogP contribution in [0, 0.1) is 5.82 Å². The average molecular weight is 438 g/mol. The van der Waals surface area contributed by atoms with Crippen LogP contribution in [0.5, 0.6) is 0 Å². The SMILES string of the molecule is O=C(Cn1cnc2scc(-c3ccc(F)cc3)c2c1=O)Nc1ccnn1C1CCCC1. The fourth-order valence-corrected chi connectivity index (χ4v) is 5.02. The minimum atomic E-state index is -0.340. The Morgan fingerprint density at radius 2 is 1.97 bits per heavy atom. The van der Waals surface area contributed by atoms with Crippen molar-refractivity contribution in [2.75, 3.05) is 5.32 Å². The van der Waals surface area contributed by atoms with Gasteiger partial charge in [-0.1, -0.05) is 25.0 Å². The molecule has 3 aromatic heterocycles. The van der Waals surface area contributed by atoms with E-state index >= 15 is 0 Å². The summed E-state index contributed by atoms with van der Waals surface area (Å²) < 4.78 is 16.4. The number of halogens is 1. The highest BCUT2D eigenvalue weighted by Gasteiger charge is 2.21. The minimum absolute atomic E-state index is 0.156. The number of anilines is 1. The Labute approximate surface area is 181 Å². The van der Waals surface area contributed by atoms with Crippen molar-refractivity contribution in [3.63, 3.8) is 0 Å². The third-order valence-corrected chi connectivity index (χ3v) is 6.52. The van der Waals surface area contributed by atoms with Gasteiger partial charge in [0, 0.05) is 17.0 Å². The average Bonchev–Trinajstić information content (AvgIpc) is 3.51. The number of rotatable bonds is 5. The Morgan fingerprint density at radius 1 is 1.19 bits per heavy atom. The van der Waals surface area contributed by atoms with E-state index in [1.165, 1.54) is 34.4 Å². The molecule has 0 bridgehead atoms. The maximum atomic E-state index is 13.3. The fourth-order valence-electron chi connectivity index (χ4n) is 4.11. The van der Waals surface area contributed by atoms with Crippen molar-refractivity contribution in [2.24, 2.45) is 0 Å². The van der Waals surface area contributed by atoms with Gasteiger partial charge in [-0.15, -0.1) is 11.3 Å². The quantitative estimate of drug-likeness (QED) is 0.507. The number of hydrogen-bond acceptors (Lipinski definition) is 5. The van der Waals surface area contributed by atoms with Crippen LogP contribution in [0.25, 0.3) is 21.3 Å². The van der Waals surface area contributed by atoms with E-state index in [0.29, 0.717) is 27.6 Å². The first-order chi connectivity index (χ1) is 15.1. The highest BCUT2D eigenvalue weighted by Crippen LogP contribution is 2.32. The van der Waals surface area contributed by atoms with Gasteiger partial charge in [0.2, 0.25) is 5.91 Å². The Morgan fingerprint density at radius 3 is 2.74 bits per heavy atom. The van der Waals surface area contributed by atoms with Crippen LogP contribution in [0.1, 0.15) is 31.7 Å². The number of amides is 1. The van der Waals surface area contributed by atoms with Crippen molar-refractivity contribution < 1.29 is 9.18 Å². The number of carbonyl (C=O) groups is 1. The zero-order valence-electron chi connectivity index (χ0n) is 16.6. The highest BCUT2D eigenvalue weighted by atomic mass is 32.1. The Balaban J connectivity index is 1.41. The van der Waals surface area contributed by atoms with Crippen LogP contribution in [-0.4, -0.2) is 25.2 Å². The van der Waals surface area contributed by atoms with Crippen LogP contribution >= 0.6 is 11.3 Å². The third-order valence-electron chi connectivity index (χ3n) is 5.64. The molecular formula is C22H20FN5O2S. The summed E-state index contributed by atoms with van der Waals surface area (Å²) in [6, 6.07) is 8.04. The summed E-state index contributed by atoms with van der Waals surface area (Å²) in [6.07, 6.45) is 7.49. The van der Waals surface area contributed by atoms with E-state index in [9.17, 15) is 14.0 Å². The van der Waals surface area contributed by atoms with Crippen molar-refractivity contribution in [3.05, 3.63) is 64.4 Å². The van der Waals surface area contributed by atoms with Gasteiger partial charge in [0.1, 0.15) is 23.0 Å². The molecule has 0 saturated heterocycles. The molecule has 1 aliphatic rings. The lowest BCUT2D eigenvalue weighted by Crippen LogP contribution is -2.28. The summed E-state index contributed by atoms with van der Waals surface area (Å²) in [4.78, 5) is 30.7. The van der Waals surface area contributed by atoms with Crippen LogP contribution < -0.4 is 10.9 Å². The Kier molecular flexibility index (Phi) is 5.11. The summed E-state index contributed by atoms with van der Waals surface area (Å²) in [5.74, 6) is -0.0181. The smallest absolute Gasteiger partial charge is 0.263 e. The molecule has 1 saturated carbocycles. The number of benzene rings is 1. The summed E-state index contributed by atoms with van der Waals surface area (Å²) in [7, 11) is 0. The maximum absolute atomic E-state index is 13.3. The van der Waals surface area contributed by atoms with E-state index in [1.54, 1.807) is 24.4 Å². The molecule has 0 aliphatic heterocycles. The van der Waals surface area contributed by atoms with E-state index in [2.05, 4.69) is 15.4 Å². The number of carbonyl (C=O) groups excluding carboxylic acids is 1. The normalized spacial score (nSPS) is 14.4. The van der Waals surface area contributed by atoms with Crippen LogP contribution in [0.4, 0.5) is 10.2 Å². The predicted octanol–water partition coefficient (Wildman–Crippen LogP) is 4.21. The summed E-state index contributed by atoms with van der Waals surface area (Å²) in [5, 5.41) is 9.49. The maximum Gasteiger partial charge on any atom is 0.263 e. The fraction of sp³-hybridized carbons (Fsp3) is 0.273. The van der Waals surface area contributed by atoms with Gasteiger partial charge in [-0.25, -0.2) is 14.1 Å². The molecule has 0 spiro atoms. The lowest BCUT2D eigenvalue weighted by Gasteiger charge is -2.15. The predicted molar refractivity (Wildman–Crippen MR) is 118 cm³/mol. The van der Waals surface area contributed by atoms with Crippen molar-refractivity contribution >= 4 is 33.3 Å². The topological polar surface area (TPSA) is 81.8 Å². The molecule has 0 radical (unpaired) electrons. The number of nitrogens with one attached hydrogen (secondary N) is 1. The molecule has 1 amide bonds. The molecule has 1 aliphatic carbocycles. The van der Waals surface area contributed by atoms with Crippen molar-refractivity contribution in [3.8, 4) is 11.1 Å². The second kappa shape index (κ2) is 8.07. The zero-order valence-corrected chi connectivity index (χ0v) is 17.4. The van der Waals surface area contributed by atoms with Gasteiger partial charge in [0.05, 0.1) is 24.0 Å². The Bertz CT molecular complexity index is 1300. The summed E-state index contributed by atoms with van der Waals surface area (Å²) >= 11 is 1.34. The molecule has 31 heavy (non-hydrogen) atoms. The van der Waals surface area contributed by atoms with E-state index < -0.39 is 0 Å². The first kappa shape index (κ1) is 19.6. The standard InChI is InChI=1S/C22H20FN5O2S/c23-15-7-5-14(6-8-15)17-12-31-21-20(17)22(30)27(13-24-21)11-19(29)26-18-9-10-25-28(18)16-3-1-2-4-16/h5-10,12-13,16H,1-4,11H2,(H,26,29). The number of nitrogens with zero attached hydrogens (tertiary/aromatic N) is 4. The molecule has 7 nitrogen and oxygen atoms in total. The number of aromatic nitrogens is 4. The molecule has 3 heterocycles. The van der Waals surface area contributed by atoms with Crippen LogP contribution in [-0.2, 0) is 11.3 Å². The molecular weight excluding hydrogens is 417 g/mol. The number of hydrogen-bond donors (Lipinski definition) is 1. The lowest BCUT2D eigenvalue weighted by atomic mass is 10.1. The van der Waals surface area contributed by atoms with Crippen LogP contribution in [0.3, 0.4) is 0 Å². The highest BCUT2D eigenvalue weighted by molar-refractivity contribution is 7.17. The van der Waals surface area contributed by atoms with Gasteiger partial charge in [0.25, 0.3) is 5.56 Å². The van der Waals surface area contributed by atoms with E-state index in [0.717, 1.165) is 31.2 Å². The van der Waals surface area contributed by atoms with Crippen LogP contribution in [0.2, 0.25) is 0 Å². The second-order valence-electron chi connectivity index (χ2n) is 7.66. The summed E-state index contributed by atoms with van der Waals surface area (Å²) in [6.45, 7) is -0.156. The largest absolute Gasteiger partial charge is 0.309 e. The number of fused-ring (bicyclic) bond motifs is 1. The number of thiophene rings is 1. The molecule has 5 rings (SSSR count). The van der Waals surface area contributed by atoms with E-state index in [1.807, 2.05) is 10.1 Å². The zero-order chi connectivity index (χ0) is 21.4. The Hall–Kier alpha value is -3.33. The van der Waals surface area contributed by atoms with Crippen molar-refractivity contribution in [1.82, 2.24) is 19.3 Å². The molecule has 0 unspecified atom stereocenters. The first-order valence-electron chi connectivity index (χ1n) is 10.2. The van der Waals surface area contributed by atoms with Gasteiger partial charge in [0.15, 0.2) is 0 Å². The van der Waals surface area contributed by atoms with Crippen molar-refractivity contribution in [1.29, 1.82) is 0 Å². The monoisotopic (exact) mass is 437 g/mol. The van der Waals surface area contributed by atoms with E-state index in [-0.39, 0.29) is 23.8 Å². The molecule has 9 heteroatoms. The van der Waals surface area contributed by atoms with Gasteiger partial charge >= 0.3 is 0 Å². The van der Waals surface area contributed by atoms with Gasteiger partial charge in [-0.2, -0.15) is 5.10 Å². The van der Waals surface area contributed by atoms with Gasteiger partial charge in [-0.05, 0) is 30.5 Å². The molecule has 4 aromatic rings. The first-order valence-corrected chi connectivity index (χ1v) is 11.0. The van der Waals surface area contributed by atoms with Gasteiger partial charge in [-0.3, -0.25) is 14.2 Å². The molecule has 158 valence electrons. The van der Waals surface area contributed by atoms with E-state index in [4.69, 9.17) is 0 Å². The summed E-state index contributed by atoms with van der Waals surface area (Å²) in [5.41, 5.74) is 1.12. The second-order valence-corrected chi connectivity index (χ2v) is 8.52. The lowest BCUT2D eigenvalue weighted by molar-refractivity contribution is -0.116. The minimum Gasteiger partial charge on any atom is -0.309 e. The van der Waals surface area contributed by atoms with Crippen LogP contribution in [0.15, 0.2) is 53.0 Å². The van der Waals surface area contributed by atoms with Crippen molar-refractivity contribution in [2.45, 2.75) is 38.3 Å². The third kappa shape index (κ3) is 3.76. The molecule has 1 fully saturated rings. The molecule has 1 aromatic carbocycles. The van der Waals surface area contributed by atoms with Gasteiger partial charge < -0.3 is 5.32 Å². The molecule has 1 N–H and O–H groups in total.